The molecule has 65 heavy (non-hydrogen) atoms. The molecule has 0 radical (unpaired) electrons. The second-order valence-corrected chi connectivity index (χ2v) is 15.4. The van der Waals surface area contributed by atoms with Crippen molar-refractivity contribution >= 4 is 23.0 Å². The number of aliphatic hydroxyl groups is 9. The molecule has 15 atom stereocenters. The summed E-state index contributed by atoms with van der Waals surface area (Å²) in [6.45, 7) is -0.145. The van der Waals surface area contributed by atoms with Crippen molar-refractivity contribution in [3.63, 3.8) is 0 Å². The Hall–Kier alpha value is -5.64. The van der Waals surface area contributed by atoms with Crippen LogP contribution in [-0.4, -0.2) is 178 Å². The molecule has 4 heterocycles. The molecule has 0 saturated carbocycles. The quantitative estimate of drug-likeness (QED) is 0.0406. The highest BCUT2D eigenvalue weighted by molar-refractivity contribution is 5.89. The van der Waals surface area contributed by atoms with Gasteiger partial charge >= 0.3 is 5.97 Å². The summed E-state index contributed by atoms with van der Waals surface area (Å²) in [7, 11) is 0. The number of phenolic OH excluding ortho intramolecular Hbond substituents is 4. The largest absolute Gasteiger partial charge is 0.508 e. The van der Waals surface area contributed by atoms with Gasteiger partial charge < -0.3 is 104 Å². The third-order valence-corrected chi connectivity index (χ3v) is 10.9. The van der Waals surface area contributed by atoms with Crippen LogP contribution in [0.3, 0.4) is 0 Å². The van der Waals surface area contributed by atoms with E-state index in [0.717, 1.165) is 30.3 Å². The summed E-state index contributed by atoms with van der Waals surface area (Å²) in [5, 5.41) is 135. The molecule has 15 unspecified atom stereocenters. The van der Waals surface area contributed by atoms with Gasteiger partial charge in [0.1, 0.15) is 89.3 Å². The molecule has 23 heteroatoms. The van der Waals surface area contributed by atoms with Crippen molar-refractivity contribution in [2.75, 3.05) is 13.2 Å². The third-order valence-electron chi connectivity index (χ3n) is 10.9. The molecule has 23 nitrogen and oxygen atoms in total. The highest BCUT2D eigenvalue weighted by atomic mass is 16.7. The van der Waals surface area contributed by atoms with Gasteiger partial charge in [0.25, 0.3) is 0 Å². The fourth-order valence-corrected chi connectivity index (χ4v) is 7.25. The third kappa shape index (κ3) is 9.83. The van der Waals surface area contributed by atoms with E-state index in [4.69, 9.17) is 37.6 Å². The Labute approximate surface area is 365 Å². The van der Waals surface area contributed by atoms with Crippen LogP contribution in [0.25, 0.3) is 28.4 Å². The topological polar surface area (TPSA) is 375 Å². The SMILES string of the molecule is CC1OC(OCC2OC(Oc3c(-c4ccc(O)c(O)c4)oc4cc(OC5OC(CO)C(O)C(O)C5O)cc(O)c4c3=O)C(O)C(O)C2OC(=O)C=Cc2ccc(O)cc2)C(O)C(O)C1O. The first-order valence-corrected chi connectivity index (χ1v) is 19.9. The second kappa shape index (κ2) is 19.4. The number of hydrogen-bond acceptors (Lipinski definition) is 23. The first-order chi connectivity index (χ1) is 30.9. The van der Waals surface area contributed by atoms with E-state index >= 15 is 0 Å². The zero-order chi connectivity index (χ0) is 47.0. The van der Waals surface area contributed by atoms with E-state index in [2.05, 4.69) is 0 Å². The molecule has 0 aliphatic carbocycles. The average molecular weight is 919 g/mol. The Bertz CT molecular complexity index is 2400. The van der Waals surface area contributed by atoms with Crippen LogP contribution >= 0.6 is 0 Å². The van der Waals surface area contributed by atoms with Crippen molar-refractivity contribution < 1.29 is 109 Å². The minimum absolute atomic E-state index is 0.0373. The molecule has 4 aromatic rings. The fourth-order valence-electron chi connectivity index (χ4n) is 7.25. The van der Waals surface area contributed by atoms with Crippen molar-refractivity contribution in [3.8, 4) is 45.8 Å². The van der Waals surface area contributed by atoms with Gasteiger partial charge in [0.15, 0.2) is 29.7 Å². The highest BCUT2D eigenvalue weighted by Crippen LogP contribution is 2.40. The summed E-state index contributed by atoms with van der Waals surface area (Å²) in [6, 6.07) is 10.8. The molecule has 0 bridgehead atoms. The van der Waals surface area contributed by atoms with E-state index in [1.165, 1.54) is 43.3 Å². The van der Waals surface area contributed by atoms with Crippen LogP contribution in [0.1, 0.15) is 12.5 Å². The minimum Gasteiger partial charge on any atom is -0.508 e. The first-order valence-electron chi connectivity index (χ1n) is 19.9. The molecular formula is C42H46O23. The summed E-state index contributed by atoms with van der Waals surface area (Å²) in [5.41, 5.74) is -1.31. The van der Waals surface area contributed by atoms with Crippen LogP contribution in [0.4, 0.5) is 0 Å². The second-order valence-electron chi connectivity index (χ2n) is 15.4. The smallest absolute Gasteiger partial charge is 0.331 e. The molecule has 3 aromatic carbocycles. The number of carbonyl (C=O) groups excluding carboxylic acids is 1. The zero-order valence-electron chi connectivity index (χ0n) is 33.8. The molecule has 3 saturated heterocycles. The Kier molecular flexibility index (Phi) is 14.2. The fraction of sp³-hybridized carbons (Fsp3) is 0.429. The number of fused-ring (bicyclic) bond motifs is 1. The van der Waals surface area contributed by atoms with Gasteiger partial charge in [-0.05, 0) is 48.9 Å². The molecule has 3 aliphatic heterocycles. The van der Waals surface area contributed by atoms with Crippen LogP contribution in [0.15, 0.2) is 69.9 Å². The summed E-state index contributed by atoms with van der Waals surface area (Å²) in [6.07, 6.45) is -23.8. The maximum absolute atomic E-state index is 14.4. The lowest BCUT2D eigenvalue weighted by Gasteiger charge is -2.43. The van der Waals surface area contributed by atoms with E-state index in [1.54, 1.807) is 0 Å². The van der Waals surface area contributed by atoms with Crippen LogP contribution in [0.5, 0.6) is 34.5 Å². The van der Waals surface area contributed by atoms with Gasteiger partial charge in [-0.15, -0.1) is 0 Å². The number of carbonyl (C=O) groups is 1. The van der Waals surface area contributed by atoms with Crippen LogP contribution in [-0.2, 0) is 28.5 Å². The standard InChI is InChI=1S/C42H46O23/c1-15-28(49)31(52)34(55)40(59-15)58-14-25-38(64-26(48)9-4-16-2-6-18(44)7-3-16)33(54)36(57)42(63-25)65-39-30(51)27-22(47)11-19(60-41-35(56)32(53)29(50)24(13-43)62-41)12-23(27)61-37(39)17-5-8-20(45)21(46)10-17/h2-12,15,24-25,28-29,31-36,38,40-47,49-50,52-57H,13-14H2,1H3. The van der Waals surface area contributed by atoms with Crippen molar-refractivity contribution in [3.05, 3.63) is 76.5 Å². The lowest BCUT2D eigenvalue weighted by atomic mass is 9.98. The Morgan fingerprint density at radius 3 is 2.02 bits per heavy atom. The molecule has 1 aromatic heterocycles. The molecule has 3 aliphatic rings. The van der Waals surface area contributed by atoms with Gasteiger partial charge in [-0.3, -0.25) is 4.79 Å². The number of aromatic hydroxyl groups is 4. The summed E-state index contributed by atoms with van der Waals surface area (Å²) in [4.78, 5) is 27.5. The number of hydrogen-bond donors (Lipinski definition) is 13. The summed E-state index contributed by atoms with van der Waals surface area (Å²) < 4.78 is 45.5. The van der Waals surface area contributed by atoms with E-state index in [1.807, 2.05) is 0 Å². The lowest BCUT2D eigenvalue weighted by Crippen LogP contribution is -2.62. The molecule has 13 N–H and O–H groups in total. The van der Waals surface area contributed by atoms with Crippen LogP contribution < -0.4 is 14.9 Å². The van der Waals surface area contributed by atoms with Crippen molar-refractivity contribution in [1.29, 1.82) is 0 Å². The van der Waals surface area contributed by atoms with Gasteiger partial charge in [0.05, 0.1) is 19.3 Å². The number of ether oxygens (including phenoxy) is 7. The maximum atomic E-state index is 14.4. The van der Waals surface area contributed by atoms with Gasteiger partial charge in [-0.1, -0.05) is 12.1 Å². The average Bonchev–Trinajstić information content (AvgIpc) is 3.28. The molecule has 3 fully saturated rings. The number of benzene rings is 3. The molecule has 0 spiro atoms. The molecule has 0 amide bonds. The lowest BCUT2D eigenvalue weighted by molar-refractivity contribution is -0.319. The number of phenols is 4. The number of aliphatic hydroxyl groups excluding tert-OH is 9. The Balaban J connectivity index is 1.23. The first kappa shape index (κ1) is 47.3. The minimum atomic E-state index is -2.17. The number of esters is 1. The predicted octanol–water partition coefficient (Wildman–Crippen LogP) is -2.24. The van der Waals surface area contributed by atoms with E-state index in [0.29, 0.717) is 5.56 Å². The van der Waals surface area contributed by atoms with E-state index < -0.39 is 156 Å². The van der Waals surface area contributed by atoms with Gasteiger partial charge in [0.2, 0.25) is 23.8 Å². The van der Waals surface area contributed by atoms with Gasteiger partial charge in [0, 0.05) is 23.8 Å². The summed E-state index contributed by atoms with van der Waals surface area (Å²) in [5.74, 6) is -4.96. The molecule has 7 rings (SSSR count). The highest BCUT2D eigenvalue weighted by Gasteiger charge is 2.50. The number of rotatable bonds is 12. The zero-order valence-corrected chi connectivity index (χ0v) is 33.8. The van der Waals surface area contributed by atoms with Gasteiger partial charge in [-0.2, -0.15) is 0 Å². The van der Waals surface area contributed by atoms with Crippen LogP contribution in [0.2, 0.25) is 0 Å². The monoisotopic (exact) mass is 918 g/mol. The van der Waals surface area contributed by atoms with Gasteiger partial charge in [-0.25, -0.2) is 4.79 Å². The van der Waals surface area contributed by atoms with Crippen molar-refractivity contribution in [2.24, 2.45) is 0 Å². The normalized spacial score (nSPS) is 32.9. The Morgan fingerprint density at radius 1 is 0.677 bits per heavy atom. The summed E-state index contributed by atoms with van der Waals surface area (Å²) >= 11 is 0. The molecular weight excluding hydrogens is 872 g/mol. The van der Waals surface area contributed by atoms with Crippen molar-refractivity contribution in [1.82, 2.24) is 0 Å². The maximum Gasteiger partial charge on any atom is 0.331 e. The van der Waals surface area contributed by atoms with E-state index in [-0.39, 0.29) is 17.1 Å². The van der Waals surface area contributed by atoms with Crippen LogP contribution in [0, 0.1) is 0 Å². The van der Waals surface area contributed by atoms with E-state index in [9.17, 15) is 76.0 Å². The Morgan fingerprint density at radius 2 is 1.32 bits per heavy atom. The predicted molar refractivity (Wildman–Crippen MR) is 214 cm³/mol. The van der Waals surface area contributed by atoms with Crippen molar-refractivity contribution in [2.45, 2.75) is 99.0 Å². The molecule has 352 valence electrons.